The number of thioether (sulfide) groups is 1. The molecule has 2 nitrogen and oxygen atoms in total. The summed E-state index contributed by atoms with van der Waals surface area (Å²) in [5.41, 5.74) is 2.45. The lowest BCUT2D eigenvalue weighted by Crippen LogP contribution is -2.26. The molecule has 1 fully saturated rings. The van der Waals surface area contributed by atoms with Crippen molar-refractivity contribution in [2.45, 2.75) is 32.9 Å². The number of nitrogens with zero attached hydrogens (tertiary/aromatic N) is 1. The largest absolute Gasteiger partial charge is 0.369 e. The van der Waals surface area contributed by atoms with Crippen LogP contribution >= 0.6 is 23.4 Å². The van der Waals surface area contributed by atoms with Gasteiger partial charge >= 0.3 is 0 Å². The van der Waals surface area contributed by atoms with Crippen LogP contribution < -0.4 is 10.2 Å². The van der Waals surface area contributed by atoms with Crippen LogP contribution in [0.2, 0.25) is 5.02 Å². The normalized spacial score (nSPS) is 16.7. The first-order chi connectivity index (χ1) is 9.16. The molecule has 106 valence electrons. The maximum atomic E-state index is 6.46. The topological polar surface area (TPSA) is 15.3 Å². The van der Waals surface area contributed by atoms with Crippen molar-refractivity contribution in [2.24, 2.45) is 0 Å². The Morgan fingerprint density at radius 3 is 2.89 bits per heavy atom. The SMILES string of the molecule is CC(C)NCc1ccc(N2CCCSCC2)c(Cl)c1. The van der Waals surface area contributed by atoms with Gasteiger partial charge in [-0.1, -0.05) is 31.5 Å². The van der Waals surface area contributed by atoms with Crippen molar-refractivity contribution in [3.63, 3.8) is 0 Å². The fourth-order valence-corrected chi connectivity index (χ4v) is 3.44. The molecule has 1 aromatic carbocycles. The van der Waals surface area contributed by atoms with Crippen molar-refractivity contribution in [3.8, 4) is 0 Å². The summed E-state index contributed by atoms with van der Waals surface area (Å²) in [6, 6.07) is 6.97. The molecule has 2 rings (SSSR count). The zero-order valence-corrected chi connectivity index (χ0v) is 13.4. The Labute approximate surface area is 125 Å². The summed E-state index contributed by atoms with van der Waals surface area (Å²) < 4.78 is 0. The van der Waals surface area contributed by atoms with Crippen molar-refractivity contribution in [3.05, 3.63) is 28.8 Å². The van der Waals surface area contributed by atoms with Crippen LogP contribution in [0.5, 0.6) is 0 Å². The van der Waals surface area contributed by atoms with Crippen molar-refractivity contribution in [1.82, 2.24) is 5.32 Å². The van der Waals surface area contributed by atoms with E-state index in [1.165, 1.54) is 29.2 Å². The minimum Gasteiger partial charge on any atom is -0.369 e. The summed E-state index contributed by atoms with van der Waals surface area (Å²) in [6.07, 6.45) is 1.25. The molecule has 0 unspecified atom stereocenters. The van der Waals surface area contributed by atoms with Gasteiger partial charge in [0, 0.05) is 31.4 Å². The Bertz CT molecular complexity index is 401. The molecule has 1 N–H and O–H groups in total. The summed E-state index contributed by atoms with van der Waals surface area (Å²) >= 11 is 8.49. The minimum atomic E-state index is 0.501. The Morgan fingerprint density at radius 1 is 1.32 bits per heavy atom. The average molecular weight is 299 g/mol. The third-order valence-corrected chi connectivity index (χ3v) is 4.64. The highest BCUT2D eigenvalue weighted by molar-refractivity contribution is 7.99. The van der Waals surface area contributed by atoms with Gasteiger partial charge < -0.3 is 10.2 Å². The monoisotopic (exact) mass is 298 g/mol. The molecule has 19 heavy (non-hydrogen) atoms. The molecule has 0 radical (unpaired) electrons. The molecule has 0 atom stereocenters. The van der Waals surface area contributed by atoms with Gasteiger partial charge in [0.15, 0.2) is 0 Å². The van der Waals surface area contributed by atoms with Crippen molar-refractivity contribution in [2.75, 3.05) is 29.5 Å². The molecule has 0 saturated carbocycles. The van der Waals surface area contributed by atoms with E-state index in [1.54, 1.807) is 0 Å². The van der Waals surface area contributed by atoms with Crippen LogP contribution in [-0.2, 0) is 6.54 Å². The third kappa shape index (κ3) is 4.59. The molecule has 1 heterocycles. The summed E-state index contributed by atoms with van der Waals surface area (Å²) in [5, 5.41) is 4.31. The van der Waals surface area contributed by atoms with Gasteiger partial charge in [0.1, 0.15) is 0 Å². The predicted octanol–water partition coefficient (Wildman–Crippen LogP) is 3.78. The lowest BCUT2D eigenvalue weighted by atomic mass is 10.1. The summed E-state index contributed by atoms with van der Waals surface area (Å²) in [6.45, 7) is 7.42. The summed E-state index contributed by atoms with van der Waals surface area (Å²) in [5.74, 6) is 2.47. The lowest BCUT2D eigenvalue weighted by molar-refractivity contribution is 0.589. The molecular formula is C15H23ClN2S. The maximum Gasteiger partial charge on any atom is 0.0642 e. The second kappa shape index (κ2) is 7.41. The lowest BCUT2D eigenvalue weighted by Gasteiger charge is -2.24. The molecule has 4 heteroatoms. The molecule has 0 amide bonds. The van der Waals surface area contributed by atoms with Gasteiger partial charge in [-0.2, -0.15) is 11.8 Å². The van der Waals surface area contributed by atoms with Gasteiger partial charge in [-0.3, -0.25) is 0 Å². The van der Waals surface area contributed by atoms with Crippen LogP contribution in [0.3, 0.4) is 0 Å². The van der Waals surface area contributed by atoms with E-state index in [0.29, 0.717) is 6.04 Å². The fourth-order valence-electron chi connectivity index (χ4n) is 2.23. The van der Waals surface area contributed by atoms with Crippen LogP contribution in [-0.4, -0.2) is 30.6 Å². The van der Waals surface area contributed by atoms with E-state index in [0.717, 1.165) is 24.7 Å². The number of rotatable bonds is 4. The highest BCUT2D eigenvalue weighted by atomic mass is 35.5. The van der Waals surface area contributed by atoms with Gasteiger partial charge in [0.2, 0.25) is 0 Å². The zero-order valence-electron chi connectivity index (χ0n) is 11.8. The molecule has 1 saturated heterocycles. The Morgan fingerprint density at radius 2 is 2.16 bits per heavy atom. The van der Waals surface area contributed by atoms with Gasteiger partial charge in [-0.15, -0.1) is 0 Å². The van der Waals surface area contributed by atoms with Crippen LogP contribution in [0.15, 0.2) is 18.2 Å². The quantitative estimate of drug-likeness (QED) is 0.911. The Hall–Kier alpha value is -0.380. The van der Waals surface area contributed by atoms with Crippen molar-refractivity contribution in [1.29, 1.82) is 0 Å². The number of nitrogens with one attached hydrogen (secondary N) is 1. The van der Waals surface area contributed by atoms with E-state index in [1.807, 2.05) is 11.8 Å². The van der Waals surface area contributed by atoms with Gasteiger partial charge in [0.05, 0.1) is 10.7 Å². The minimum absolute atomic E-state index is 0.501. The molecule has 0 aromatic heterocycles. The Balaban J connectivity index is 2.05. The first-order valence-corrected chi connectivity index (χ1v) is 8.54. The molecule has 0 aliphatic carbocycles. The number of halogens is 1. The summed E-state index contributed by atoms with van der Waals surface area (Å²) in [4.78, 5) is 2.42. The van der Waals surface area contributed by atoms with E-state index >= 15 is 0 Å². The standard InChI is InChI=1S/C15H23ClN2S/c1-12(2)17-11-13-4-5-15(14(16)10-13)18-6-3-8-19-9-7-18/h4-5,10,12,17H,3,6-9,11H2,1-2H3. The van der Waals surface area contributed by atoms with Gasteiger partial charge in [-0.25, -0.2) is 0 Å². The van der Waals surface area contributed by atoms with Crippen LogP contribution in [0.25, 0.3) is 0 Å². The second-order valence-electron chi connectivity index (χ2n) is 5.27. The number of anilines is 1. The zero-order chi connectivity index (χ0) is 13.7. The molecule has 1 aliphatic heterocycles. The second-order valence-corrected chi connectivity index (χ2v) is 6.91. The maximum absolute atomic E-state index is 6.46. The molecule has 1 aromatic rings. The highest BCUT2D eigenvalue weighted by Gasteiger charge is 2.13. The average Bonchev–Trinajstić information content (AvgIpc) is 2.65. The van der Waals surface area contributed by atoms with Gasteiger partial charge in [-0.05, 0) is 29.9 Å². The molecule has 0 spiro atoms. The highest BCUT2D eigenvalue weighted by Crippen LogP contribution is 2.28. The smallest absolute Gasteiger partial charge is 0.0642 e. The molecule has 1 aliphatic rings. The van der Waals surface area contributed by atoms with Crippen molar-refractivity contribution >= 4 is 29.1 Å². The molecular weight excluding hydrogens is 276 g/mol. The van der Waals surface area contributed by atoms with Crippen LogP contribution in [0.4, 0.5) is 5.69 Å². The van der Waals surface area contributed by atoms with E-state index in [4.69, 9.17) is 11.6 Å². The number of hydrogen-bond acceptors (Lipinski definition) is 3. The number of hydrogen-bond donors (Lipinski definition) is 1. The van der Waals surface area contributed by atoms with Crippen LogP contribution in [0, 0.1) is 0 Å². The Kier molecular flexibility index (Phi) is 5.86. The molecule has 0 bridgehead atoms. The number of benzene rings is 1. The fraction of sp³-hybridized carbons (Fsp3) is 0.600. The van der Waals surface area contributed by atoms with E-state index in [9.17, 15) is 0 Å². The van der Waals surface area contributed by atoms with Gasteiger partial charge in [0.25, 0.3) is 0 Å². The predicted molar refractivity (Wildman–Crippen MR) is 87.6 cm³/mol. The first kappa shape index (κ1) is 15.0. The van der Waals surface area contributed by atoms with Crippen LogP contribution in [0.1, 0.15) is 25.8 Å². The van der Waals surface area contributed by atoms with E-state index in [-0.39, 0.29) is 0 Å². The third-order valence-electron chi connectivity index (χ3n) is 3.29. The first-order valence-electron chi connectivity index (χ1n) is 7.01. The van der Waals surface area contributed by atoms with Crippen molar-refractivity contribution < 1.29 is 0 Å². The van der Waals surface area contributed by atoms with E-state index < -0.39 is 0 Å². The van der Waals surface area contributed by atoms with E-state index in [2.05, 4.69) is 42.3 Å². The summed E-state index contributed by atoms with van der Waals surface area (Å²) in [7, 11) is 0.